The molecular weight excluding hydrogens is 242 g/mol. The van der Waals surface area contributed by atoms with E-state index in [0.717, 1.165) is 0 Å². The van der Waals surface area contributed by atoms with E-state index in [1.54, 1.807) is 0 Å². The van der Waals surface area contributed by atoms with Crippen LogP contribution in [0, 0.1) is 34.6 Å². The van der Waals surface area contributed by atoms with Crippen molar-refractivity contribution < 1.29 is 0 Å². The largest absolute Gasteiger partial charge is 0.365 e. The van der Waals surface area contributed by atoms with E-state index >= 15 is 0 Å². The molecule has 1 fully saturated rings. The number of hydrogen-bond donors (Lipinski definition) is 0. The first kappa shape index (κ1) is 13.5. The lowest BCUT2D eigenvalue weighted by atomic mass is 9.87. The zero-order chi connectivity index (χ0) is 14.4. The molecule has 1 nitrogen and oxygen atoms in total. The Labute approximate surface area is 123 Å². The molecule has 0 amide bonds. The molecule has 2 aliphatic rings. The monoisotopic (exact) mass is 267 g/mol. The molecule has 0 aliphatic carbocycles. The standard InChI is InChI=1S/C19H25N/c1-12-13(2)15(4)19(16(5)14(12)3)18-10-6-8-17-9-7-11-20(17)18/h6,8,10,17H,7,9,11H2,1-5H3. The fourth-order valence-corrected chi connectivity index (χ4v) is 3.77. The van der Waals surface area contributed by atoms with Gasteiger partial charge in [-0.25, -0.2) is 0 Å². The van der Waals surface area contributed by atoms with Crippen molar-refractivity contribution in [3.8, 4) is 0 Å². The molecule has 20 heavy (non-hydrogen) atoms. The maximum atomic E-state index is 2.60. The number of allylic oxidation sites excluding steroid dienone is 2. The van der Waals surface area contributed by atoms with Crippen molar-refractivity contribution in [2.24, 2.45) is 0 Å². The minimum Gasteiger partial charge on any atom is -0.365 e. The van der Waals surface area contributed by atoms with Gasteiger partial charge >= 0.3 is 0 Å². The predicted molar refractivity (Wildman–Crippen MR) is 87.0 cm³/mol. The molecule has 0 aromatic heterocycles. The van der Waals surface area contributed by atoms with Gasteiger partial charge in [0.1, 0.15) is 0 Å². The van der Waals surface area contributed by atoms with E-state index < -0.39 is 0 Å². The second-order valence-electron chi connectivity index (χ2n) is 6.34. The van der Waals surface area contributed by atoms with Crippen molar-refractivity contribution in [3.63, 3.8) is 0 Å². The summed E-state index contributed by atoms with van der Waals surface area (Å²) in [5, 5.41) is 0. The number of nitrogens with zero attached hydrogens (tertiary/aromatic N) is 1. The van der Waals surface area contributed by atoms with Gasteiger partial charge < -0.3 is 4.90 Å². The van der Waals surface area contributed by atoms with E-state index in [-0.39, 0.29) is 0 Å². The highest BCUT2D eigenvalue weighted by atomic mass is 15.2. The number of hydrogen-bond acceptors (Lipinski definition) is 1. The van der Waals surface area contributed by atoms with Crippen LogP contribution in [0.3, 0.4) is 0 Å². The lowest BCUT2D eigenvalue weighted by Crippen LogP contribution is -2.29. The van der Waals surface area contributed by atoms with Gasteiger partial charge in [-0.15, -0.1) is 0 Å². The second kappa shape index (κ2) is 4.80. The summed E-state index contributed by atoms with van der Waals surface area (Å²) < 4.78 is 0. The Morgan fingerprint density at radius 1 is 0.900 bits per heavy atom. The van der Waals surface area contributed by atoms with Gasteiger partial charge in [0.15, 0.2) is 0 Å². The molecule has 1 saturated heterocycles. The Morgan fingerprint density at radius 3 is 2.15 bits per heavy atom. The first-order chi connectivity index (χ1) is 9.52. The SMILES string of the molecule is Cc1c(C)c(C)c(C2=CC=CC3CCCN23)c(C)c1C. The Bertz CT molecular complexity index is 590. The third-order valence-corrected chi connectivity index (χ3v) is 5.45. The van der Waals surface area contributed by atoms with Gasteiger partial charge in [0, 0.05) is 23.8 Å². The highest BCUT2D eigenvalue weighted by Gasteiger charge is 2.28. The summed E-state index contributed by atoms with van der Waals surface area (Å²) in [6.45, 7) is 12.6. The van der Waals surface area contributed by atoms with Crippen LogP contribution in [0.15, 0.2) is 18.2 Å². The molecule has 1 heteroatoms. The molecular formula is C19H25N. The second-order valence-corrected chi connectivity index (χ2v) is 6.34. The first-order valence-electron chi connectivity index (χ1n) is 7.74. The fraction of sp³-hybridized carbons (Fsp3) is 0.474. The minimum absolute atomic E-state index is 0.621. The Morgan fingerprint density at radius 2 is 1.50 bits per heavy atom. The van der Waals surface area contributed by atoms with E-state index in [0.29, 0.717) is 6.04 Å². The van der Waals surface area contributed by atoms with Gasteiger partial charge in [0.25, 0.3) is 0 Å². The maximum absolute atomic E-state index is 2.60. The number of fused-ring (bicyclic) bond motifs is 1. The molecule has 0 radical (unpaired) electrons. The lowest BCUT2D eigenvalue weighted by molar-refractivity contribution is 0.419. The fourth-order valence-electron chi connectivity index (χ4n) is 3.77. The molecule has 1 aromatic rings. The van der Waals surface area contributed by atoms with Crippen molar-refractivity contribution in [1.82, 2.24) is 4.90 Å². The topological polar surface area (TPSA) is 3.24 Å². The van der Waals surface area contributed by atoms with Crippen LogP contribution in [0.1, 0.15) is 46.2 Å². The molecule has 1 aromatic carbocycles. The Hall–Kier alpha value is -1.50. The van der Waals surface area contributed by atoms with Crippen LogP contribution in [-0.2, 0) is 0 Å². The van der Waals surface area contributed by atoms with Gasteiger partial charge in [0.2, 0.25) is 0 Å². The van der Waals surface area contributed by atoms with Crippen molar-refractivity contribution in [3.05, 3.63) is 51.6 Å². The highest BCUT2D eigenvalue weighted by Crippen LogP contribution is 2.37. The molecule has 0 N–H and O–H groups in total. The minimum atomic E-state index is 0.621. The average molecular weight is 267 g/mol. The zero-order valence-electron chi connectivity index (χ0n) is 13.4. The van der Waals surface area contributed by atoms with Crippen LogP contribution >= 0.6 is 0 Å². The van der Waals surface area contributed by atoms with Gasteiger partial charge in [-0.1, -0.05) is 12.2 Å². The summed E-state index contributed by atoms with van der Waals surface area (Å²) in [4.78, 5) is 2.60. The van der Waals surface area contributed by atoms with Crippen LogP contribution in [0.4, 0.5) is 0 Å². The Kier molecular flexibility index (Phi) is 3.24. The smallest absolute Gasteiger partial charge is 0.0476 e. The molecule has 106 valence electrons. The summed E-state index contributed by atoms with van der Waals surface area (Å²) >= 11 is 0. The molecule has 2 aliphatic heterocycles. The van der Waals surface area contributed by atoms with Gasteiger partial charge in [-0.3, -0.25) is 0 Å². The van der Waals surface area contributed by atoms with E-state index in [1.165, 1.54) is 58.5 Å². The summed E-state index contributed by atoms with van der Waals surface area (Å²) in [5.41, 5.74) is 10.2. The van der Waals surface area contributed by atoms with Gasteiger partial charge in [-0.05, 0) is 81.4 Å². The van der Waals surface area contributed by atoms with E-state index in [4.69, 9.17) is 0 Å². The van der Waals surface area contributed by atoms with Crippen LogP contribution in [0.5, 0.6) is 0 Å². The molecule has 0 saturated carbocycles. The number of rotatable bonds is 1. The average Bonchev–Trinajstić information content (AvgIpc) is 2.92. The third-order valence-electron chi connectivity index (χ3n) is 5.45. The number of benzene rings is 1. The van der Waals surface area contributed by atoms with Crippen LogP contribution < -0.4 is 0 Å². The predicted octanol–water partition coefficient (Wildman–Crippen LogP) is 4.60. The van der Waals surface area contributed by atoms with Crippen molar-refractivity contribution in [1.29, 1.82) is 0 Å². The van der Waals surface area contributed by atoms with Crippen molar-refractivity contribution in [2.75, 3.05) is 6.54 Å². The maximum Gasteiger partial charge on any atom is 0.0476 e. The van der Waals surface area contributed by atoms with Gasteiger partial charge in [0.05, 0.1) is 0 Å². The van der Waals surface area contributed by atoms with E-state index in [1.807, 2.05) is 0 Å². The van der Waals surface area contributed by atoms with Crippen molar-refractivity contribution >= 4 is 5.70 Å². The van der Waals surface area contributed by atoms with Crippen LogP contribution in [0.25, 0.3) is 5.70 Å². The summed E-state index contributed by atoms with van der Waals surface area (Å²) in [6, 6.07) is 0.621. The first-order valence-corrected chi connectivity index (χ1v) is 7.74. The summed E-state index contributed by atoms with van der Waals surface area (Å²) in [5.74, 6) is 0. The zero-order valence-corrected chi connectivity index (χ0v) is 13.4. The summed E-state index contributed by atoms with van der Waals surface area (Å²) in [7, 11) is 0. The molecule has 3 rings (SSSR count). The normalized spacial score (nSPS) is 21.1. The summed E-state index contributed by atoms with van der Waals surface area (Å²) in [6.07, 6.45) is 9.54. The Balaban J connectivity index is 2.20. The highest BCUT2D eigenvalue weighted by molar-refractivity contribution is 5.75. The molecule has 0 bridgehead atoms. The molecule has 2 heterocycles. The lowest BCUT2D eigenvalue weighted by Gasteiger charge is -2.33. The molecule has 1 unspecified atom stereocenters. The van der Waals surface area contributed by atoms with Crippen molar-refractivity contribution in [2.45, 2.75) is 53.5 Å². The third kappa shape index (κ3) is 1.83. The molecule has 0 spiro atoms. The van der Waals surface area contributed by atoms with E-state index in [9.17, 15) is 0 Å². The van der Waals surface area contributed by atoms with E-state index in [2.05, 4.69) is 57.7 Å². The van der Waals surface area contributed by atoms with Crippen LogP contribution in [-0.4, -0.2) is 17.5 Å². The van der Waals surface area contributed by atoms with Gasteiger partial charge in [-0.2, -0.15) is 0 Å². The quantitative estimate of drug-likeness (QED) is 0.718. The van der Waals surface area contributed by atoms with Crippen LogP contribution in [0.2, 0.25) is 0 Å². The molecule has 1 atom stereocenters.